The van der Waals surface area contributed by atoms with Crippen molar-refractivity contribution in [2.75, 3.05) is 46.4 Å². The van der Waals surface area contributed by atoms with Gasteiger partial charge in [0.25, 0.3) is 0 Å². The minimum Gasteiger partial charge on any atom is -0.468 e. The molecule has 0 aromatic heterocycles. The number of nitrogens with zero attached hydrogens (tertiary/aromatic N) is 3. The molecule has 3 aromatic carbocycles. The highest BCUT2D eigenvalue weighted by molar-refractivity contribution is 6.30. The van der Waals surface area contributed by atoms with Gasteiger partial charge < -0.3 is 9.47 Å². The van der Waals surface area contributed by atoms with Crippen molar-refractivity contribution in [1.29, 1.82) is 0 Å². The summed E-state index contributed by atoms with van der Waals surface area (Å²) in [5, 5.41) is 0.521. The first kappa shape index (κ1) is 30.7. The normalized spacial score (nSPS) is 19.7. The molecular weight excluding hydrogens is 562 g/mol. The molecular formula is C35H38ClN3O4. The number of allylic oxidation sites excluding steroid dienone is 1. The van der Waals surface area contributed by atoms with E-state index in [2.05, 4.69) is 75.5 Å². The van der Waals surface area contributed by atoms with E-state index in [1.165, 1.54) is 18.2 Å². The second kappa shape index (κ2) is 14.1. The van der Waals surface area contributed by atoms with E-state index in [0.29, 0.717) is 28.5 Å². The summed E-state index contributed by atoms with van der Waals surface area (Å²) in [5.41, 5.74) is 4.80. The van der Waals surface area contributed by atoms with Gasteiger partial charge in [0.05, 0.1) is 18.7 Å². The van der Waals surface area contributed by atoms with Crippen molar-refractivity contribution in [1.82, 2.24) is 9.80 Å². The molecule has 0 N–H and O–H groups in total. The average Bonchev–Trinajstić information content (AvgIpc) is 3.02. The molecule has 0 aliphatic carbocycles. The van der Waals surface area contributed by atoms with Crippen molar-refractivity contribution in [2.24, 2.45) is 10.9 Å². The van der Waals surface area contributed by atoms with Crippen LogP contribution in [0.15, 0.2) is 101 Å². The van der Waals surface area contributed by atoms with Crippen molar-refractivity contribution in [3.05, 3.63) is 118 Å². The summed E-state index contributed by atoms with van der Waals surface area (Å²) in [6.45, 7) is 7.96. The second-order valence-corrected chi connectivity index (χ2v) is 11.5. The minimum absolute atomic E-state index is 0.193. The van der Waals surface area contributed by atoms with Crippen LogP contribution in [0.3, 0.4) is 0 Å². The topological polar surface area (TPSA) is 71.4 Å². The third-order valence-corrected chi connectivity index (χ3v) is 8.59. The molecule has 0 radical (unpaired) electrons. The van der Waals surface area contributed by atoms with Gasteiger partial charge in [0.1, 0.15) is 12.5 Å². The lowest BCUT2D eigenvalue weighted by atomic mass is 9.75. The number of halogens is 1. The van der Waals surface area contributed by atoms with E-state index in [4.69, 9.17) is 21.1 Å². The van der Waals surface area contributed by atoms with Crippen molar-refractivity contribution in [3.63, 3.8) is 0 Å². The van der Waals surface area contributed by atoms with Crippen molar-refractivity contribution in [3.8, 4) is 0 Å². The van der Waals surface area contributed by atoms with Crippen LogP contribution in [-0.2, 0) is 19.1 Å². The van der Waals surface area contributed by atoms with E-state index in [1.54, 1.807) is 26.0 Å². The van der Waals surface area contributed by atoms with Crippen LogP contribution in [-0.4, -0.2) is 73.9 Å². The Kier molecular flexibility index (Phi) is 10.1. The van der Waals surface area contributed by atoms with Crippen LogP contribution in [0.4, 0.5) is 0 Å². The summed E-state index contributed by atoms with van der Waals surface area (Å²) in [7, 11) is 1.34. The average molecular weight is 600 g/mol. The Bertz CT molecular complexity index is 1440. The van der Waals surface area contributed by atoms with Gasteiger partial charge in [-0.2, -0.15) is 0 Å². The number of ether oxygens (including phenoxy) is 2. The van der Waals surface area contributed by atoms with Crippen LogP contribution in [0.5, 0.6) is 0 Å². The Balaban J connectivity index is 1.24. The molecule has 7 nitrogen and oxygen atoms in total. The summed E-state index contributed by atoms with van der Waals surface area (Å²) in [5.74, 6) is -2.27. The Morgan fingerprint density at radius 3 is 2.12 bits per heavy atom. The Labute approximate surface area is 258 Å². The van der Waals surface area contributed by atoms with Gasteiger partial charge in [0.2, 0.25) is 0 Å². The largest absolute Gasteiger partial charge is 0.468 e. The smallest absolute Gasteiger partial charge is 0.336 e. The standard InChI is InChI=1S/C35H38ClN3O4/c1-24-30(34(40)42-3)32(28-15-10-16-29(36)23-28)31(25(2)37-24)35(41)43-22-21-38-17-19-39(20-18-38)33(26-11-6-4-7-12-26)27-13-8-5-9-14-27/h4-16,23,30,32-33H,17-22H2,1-3H3. The number of hydrogen-bond donors (Lipinski definition) is 0. The lowest BCUT2D eigenvalue weighted by Crippen LogP contribution is -2.48. The summed E-state index contributed by atoms with van der Waals surface area (Å²) < 4.78 is 10.9. The van der Waals surface area contributed by atoms with Gasteiger partial charge >= 0.3 is 11.9 Å². The molecule has 0 bridgehead atoms. The minimum atomic E-state index is -0.745. The molecule has 1 fully saturated rings. The molecule has 0 spiro atoms. The number of aliphatic imine (C=N–C) groups is 1. The van der Waals surface area contributed by atoms with E-state index < -0.39 is 23.8 Å². The van der Waals surface area contributed by atoms with Crippen LogP contribution in [0.2, 0.25) is 5.02 Å². The number of benzene rings is 3. The second-order valence-electron chi connectivity index (χ2n) is 11.0. The van der Waals surface area contributed by atoms with Gasteiger partial charge in [-0.15, -0.1) is 0 Å². The van der Waals surface area contributed by atoms with Gasteiger partial charge in [0.15, 0.2) is 0 Å². The molecule has 224 valence electrons. The number of carbonyl (C=O) groups is 2. The molecule has 0 amide bonds. The lowest BCUT2D eigenvalue weighted by Gasteiger charge is -2.39. The summed E-state index contributed by atoms with van der Waals surface area (Å²) in [6, 6.07) is 28.7. The summed E-state index contributed by atoms with van der Waals surface area (Å²) in [6.07, 6.45) is 0. The quantitative estimate of drug-likeness (QED) is 0.285. The van der Waals surface area contributed by atoms with Crippen molar-refractivity contribution in [2.45, 2.75) is 25.8 Å². The van der Waals surface area contributed by atoms with Gasteiger partial charge in [-0.3, -0.25) is 19.6 Å². The molecule has 0 saturated carbocycles. The molecule has 8 heteroatoms. The number of piperazine rings is 1. The van der Waals surface area contributed by atoms with Gasteiger partial charge in [0, 0.05) is 55.1 Å². The first-order valence-electron chi connectivity index (χ1n) is 14.7. The van der Waals surface area contributed by atoms with Gasteiger partial charge in [-0.1, -0.05) is 84.4 Å². The fraction of sp³-hybridized carbons (Fsp3) is 0.343. The third-order valence-electron chi connectivity index (χ3n) is 8.35. The molecule has 2 atom stereocenters. The maximum absolute atomic E-state index is 13.6. The highest BCUT2D eigenvalue weighted by Crippen LogP contribution is 2.40. The van der Waals surface area contributed by atoms with E-state index in [-0.39, 0.29) is 12.6 Å². The number of methoxy groups -OCH3 is 1. The first-order valence-corrected chi connectivity index (χ1v) is 15.1. The summed E-state index contributed by atoms with van der Waals surface area (Å²) >= 11 is 6.31. The van der Waals surface area contributed by atoms with Crippen LogP contribution in [0.1, 0.15) is 42.5 Å². The van der Waals surface area contributed by atoms with Crippen molar-refractivity contribution < 1.29 is 19.1 Å². The van der Waals surface area contributed by atoms with E-state index in [0.717, 1.165) is 31.7 Å². The first-order chi connectivity index (χ1) is 20.9. The third kappa shape index (κ3) is 7.07. The fourth-order valence-electron chi connectivity index (χ4n) is 6.27. The molecule has 2 heterocycles. The number of carbonyl (C=O) groups excluding carboxylic acids is 2. The Hall–Kier alpha value is -3.78. The molecule has 43 heavy (non-hydrogen) atoms. The Morgan fingerprint density at radius 1 is 0.907 bits per heavy atom. The monoisotopic (exact) mass is 599 g/mol. The lowest BCUT2D eigenvalue weighted by molar-refractivity contribution is -0.144. The number of esters is 2. The predicted octanol–water partition coefficient (Wildman–Crippen LogP) is 5.91. The van der Waals surface area contributed by atoms with Crippen LogP contribution >= 0.6 is 11.6 Å². The number of hydrogen-bond acceptors (Lipinski definition) is 7. The van der Waals surface area contributed by atoms with Gasteiger partial charge in [-0.25, -0.2) is 4.79 Å². The zero-order valence-electron chi connectivity index (χ0n) is 24.9. The van der Waals surface area contributed by atoms with E-state index >= 15 is 0 Å². The highest BCUT2D eigenvalue weighted by Gasteiger charge is 2.42. The Morgan fingerprint density at radius 2 is 1.53 bits per heavy atom. The van der Waals surface area contributed by atoms with E-state index in [9.17, 15) is 9.59 Å². The van der Waals surface area contributed by atoms with Crippen LogP contribution in [0.25, 0.3) is 0 Å². The van der Waals surface area contributed by atoms with Gasteiger partial charge in [-0.05, 0) is 42.7 Å². The molecule has 5 rings (SSSR count). The molecule has 3 aromatic rings. The SMILES string of the molecule is COC(=O)C1C(C)=NC(C)=C(C(=O)OCCN2CCN(C(c3ccccc3)c3ccccc3)CC2)C1c1cccc(Cl)c1. The fourth-order valence-corrected chi connectivity index (χ4v) is 6.47. The molecule has 2 aliphatic heterocycles. The molecule has 2 aliphatic rings. The maximum Gasteiger partial charge on any atom is 0.336 e. The maximum atomic E-state index is 13.6. The summed E-state index contributed by atoms with van der Waals surface area (Å²) in [4.78, 5) is 35.8. The van der Waals surface area contributed by atoms with Crippen LogP contribution in [0, 0.1) is 5.92 Å². The van der Waals surface area contributed by atoms with Crippen molar-refractivity contribution >= 4 is 29.3 Å². The van der Waals surface area contributed by atoms with E-state index in [1.807, 2.05) is 12.1 Å². The van der Waals surface area contributed by atoms with Crippen LogP contribution < -0.4 is 0 Å². The molecule has 1 saturated heterocycles. The predicted molar refractivity (Wildman–Crippen MR) is 169 cm³/mol. The zero-order chi connectivity index (χ0) is 30.3. The highest BCUT2D eigenvalue weighted by atomic mass is 35.5. The molecule has 2 unspecified atom stereocenters. The zero-order valence-corrected chi connectivity index (χ0v) is 25.7. The number of rotatable bonds is 9.